The van der Waals surface area contributed by atoms with E-state index in [0.29, 0.717) is 23.2 Å². The lowest BCUT2D eigenvalue weighted by atomic mass is 10.1. The molecular formula is C20H27N5O3. The minimum Gasteiger partial charge on any atom is -0.481 e. The normalized spacial score (nSPS) is 19.3. The van der Waals surface area contributed by atoms with Gasteiger partial charge in [-0.15, -0.1) is 0 Å². The third kappa shape index (κ3) is 3.87. The van der Waals surface area contributed by atoms with E-state index in [-0.39, 0.29) is 18.0 Å². The van der Waals surface area contributed by atoms with Gasteiger partial charge in [-0.05, 0) is 51.9 Å². The van der Waals surface area contributed by atoms with Gasteiger partial charge in [-0.2, -0.15) is 4.98 Å². The van der Waals surface area contributed by atoms with Gasteiger partial charge in [0.2, 0.25) is 5.95 Å². The number of hydrogen-bond donors (Lipinski definition) is 2. The van der Waals surface area contributed by atoms with Gasteiger partial charge >= 0.3 is 5.97 Å². The van der Waals surface area contributed by atoms with Gasteiger partial charge in [0, 0.05) is 29.2 Å². The predicted octanol–water partition coefficient (Wildman–Crippen LogP) is 2.04. The second-order valence-electron chi connectivity index (χ2n) is 8.05. The van der Waals surface area contributed by atoms with Crippen molar-refractivity contribution in [2.75, 3.05) is 25.5 Å². The highest BCUT2D eigenvalue weighted by atomic mass is 16.4. The maximum absolute atomic E-state index is 13.1. The molecule has 8 heteroatoms. The zero-order chi connectivity index (χ0) is 19.7. The number of fused-ring (bicyclic) bond motifs is 1. The zero-order valence-electron chi connectivity index (χ0n) is 16.2. The fraction of sp³-hybridized carbons (Fsp3) is 0.600. The molecule has 0 radical (unpaired) electrons. The van der Waals surface area contributed by atoms with Crippen LogP contribution in [0.3, 0.4) is 0 Å². The summed E-state index contributed by atoms with van der Waals surface area (Å²) in [6, 6.07) is 2.04. The molecular weight excluding hydrogens is 358 g/mol. The largest absolute Gasteiger partial charge is 0.481 e. The monoisotopic (exact) mass is 385 g/mol. The molecule has 4 rings (SSSR count). The lowest BCUT2D eigenvalue weighted by molar-refractivity contribution is -0.136. The van der Waals surface area contributed by atoms with Crippen LogP contribution in [0.15, 0.2) is 17.1 Å². The Morgan fingerprint density at radius 1 is 1.25 bits per heavy atom. The molecule has 2 fully saturated rings. The Morgan fingerprint density at radius 3 is 2.64 bits per heavy atom. The first kappa shape index (κ1) is 18.9. The lowest BCUT2D eigenvalue weighted by Gasteiger charge is -2.29. The van der Waals surface area contributed by atoms with E-state index >= 15 is 0 Å². The molecule has 2 aliphatic rings. The van der Waals surface area contributed by atoms with E-state index in [1.165, 1.54) is 0 Å². The summed E-state index contributed by atoms with van der Waals surface area (Å²) in [5, 5.41) is 13.3. The summed E-state index contributed by atoms with van der Waals surface area (Å²) in [5.74, 6) is -0.463. The van der Waals surface area contributed by atoms with Crippen molar-refractivity contribution in [1.29, 1.82) is 0 Å². The van der Waals surface area contributed by atoms with Crippen LogP contribution >= 0.6 is 0 Å². The number of carboxylic acids is 1. The number of rotatable bonds is 5. The number of carboxylic acid groups (broad SMARTS) is 1. The van der Waals surface area contributed by atoms with Crippen molar-refractivity contribution in [3.8, 4) is 0 Å². The number of likely N-dealkylation sites (tertiary alicyclic amines) is 1. The summed E-state index contributed by atoms with van der Waals surface area (Å²) in [7, 11) is 2.12. The molecule has 2 aromatic heterocycles. The Morgan fingerprint density at radius 2 is 1.96 bits per heavy atom. The summed E-state index contributed by atoms with van der Waals surface area (Å²) < 4.78 is 1.72. The van der Waals surface area contributed by atoms with Gasteiger partial charge in [-0.3, -0.25) is 14.2 Å². The van der Waals surface area contributed by atoms with Crippen LogP contribution < -0.4 is 10.9 Å². The maximum Gasteiger partial charge on any atom is 0.308 e. The predicted molar refractivity (Wildman–Crippen MR) is 107 cm³/mol. The van der Waals surface area contributed by atoms with E-state index in [2.05, 4.69) is 22.2 Å². The summed E-state index contributed by atoms with van der Waals surface area (Å²) in [5.41, 5.74) is 0.675. The fourth-order valence-corrected chi connectivity index (χ4v) is 4.37. The molecule has 8 nitrogen and oxygen atoms in total. The molecule has 0 aromatic carbocycles. The van der Waals surface area contributed by atoms with Crippen molar-refractivity contribution in [1.82, 2.24) is 19.4 Å². The minimum atomic E-state index is -1.00. The first-order chi connectivity index (χ1) is 13.5. The first-order valence-corrected chi connectivity index (χ1v) is 10.1. The van der Waals surface area contributed by atoms with Crippen LogP contribution in [0.5, 0.6) is 0 Å². The van der Waals surface area contributed by atoms with Gasteiger partial charge < -0.3 is 15.3 Å². The molecule has 150 valence electrons. The number of carbonyl (C=O) groups is 1. The third-order valence-corrected chi connectivity index (χ3v) is 5.93. The molecule has 1 aliphatic carbocycles. The number of pyridine rings is 1. The Labute approximate surface area is 163 Å². The molecule has 28 heavy (non-hydrogen) atoms. The standard InChI is InChI=1S/C20H27N5O3/c1-24-8-6-15(7-9-24)22-20-21-12-14-10-13(11-17(26)27)19(28)25(18(14)23-20)16-4-2-3-5-16/h10,12,15-16H,2-9,11H2,1H3,(H,26,27)(H,21,22,23). The molecule has 1 saturated heterocycles. The molecule has 0 atom stereocenters. The van der Waals surface area contributed by atoms with Gasteiger partial charge in [0.25, 0.3) is 5.56 Å². The summed E-state index contributed by atoms with van der Waals surface area (Å²) in [6.45, 7) is 2.08. The molecule has 3 heterocycles. The van der Waals surface area contributed by atoms with Crippen LogP contribution in [0, 0.1) is 0 Å². The van der Waals surface area contributed by atoms with Crippen LogP contribution in [0.2, 0.25) is 0 Å². The van der Waals surface area contributed by atoms with E-state index in [9.17, 15) is 14.7 Å². The van der Waals surface area contributed by atoms with Gasteiger partial charge in [-0.1, -0.05) is 12.8 Å². The average molecular weight is 385 g/mol. The zero-order valence-corrected chi connectivity index (χ0v) is 16.2. The summed E-state index contributed by atoms with van der Waals surface area (Å²) in [4.78, 5) is 35.7. The van der Waals surface area contributed by atoms with E-state index in [0.717, 1.165) is 57.0 Å². The van der Waals surface area contributed by atoms with Gasteiger partial charge in [0.15, 0.2) is 0 Å². The highest BCUT2D eigenvalue weighted by Crippen LogP contribution is 2.31. The highest BCUT2D eigenvalue weighted by molar-refractivity contribution is 5.78. The van der Waals surface area contributed by atoms with Crippen molar-refractivity contribution < 1.29 is 9.90 Å². The number of piperidine rings is 1. The molecule has 0 amide bonds. The number of hydrogen-bond acceptors (Lipinski definition) is 6. The van der Waals surface area contributed by atoms with E-state index in [4.69, 9.17) is 4.98 Å². The fourth-order valence-electron chi connectivity index (χ4n) is 4.37. The van der Waals surface area contributed by atoms with Gasteiger partial charge in [-0.25, -0.2) is 4.98 Å². The SMILES string of the molecule is CN1CCC(Nc2ncc3cc(CC(=O)O)c(=O)n(C4CCCC4)c3n2)CC1. The molecule has 1 saturated carbocycles. The molecule has 0 spiro atoms. The van der Waals surface area contributed by atoms with Crippen molar-refractivity contribution in [3.05, 3.63) is 28.2 Å². The van der Waals surface area contributed by atoms with Crippen LogP contribution in [-0.4, -0.2) is 56.7 Å². The quantitative estimate of drug-likeness (QED) is 0.812. The first-order valence-electron chi connectivity index (χ1n) is 10.1. The Kier molecular flexibility index (Phi) is 5.30. The van der Waals surface area contributed by atoms with Crippen molar-refractivity contribution >= 4 is 23.0 Å². The molecule has 2 aromatic rings. The summed E-state index contributed by atoms with van der Waals surface area (Å²) in [6.07, 6.45) is 7.49. The van der Waals surface area contributed by atoms with Crippen molar-refractivity contribution in [3.63, 3.8) is 0 Å². The molecule has 1 aliphatic heterocycles. The Balaban J connectivity index is 1.73. The Hall–Kier alpha value is -2.48. The van der Waals surface area contributed by atoms with Crippen LogP contribution in [-0.2, 0) is 11.2 Å². The minimum absolute atomic E-state index is 0.0785. The average Bonchev–Trinajstić information content (AvgIpc) is 3.18. The second-order valence-corrected chi connectivity index (χ2v) is 8.05. The number of anilines is 1. The topological polar surface area (TPSA) is 100 Å². The van der Waals surface area contributed by atoms with Crippen molar-refractivity contribution in [2.24, 2.45) is 0 Å². The summed E-state index contributed by atoms with van der Waals surface area (Å²) >= 11 is 0. The number of nitrogens with zero attached hydrogens (tertiary/aromatic N) is 4. The highest BCUT2D eigenvalue weighted by Gasteiger charge is 2.24. The number of nitrogens with one attached hydrogen (secondary N) is 1. The molecule has 0 bridgehead atoms. The van der Waals surface area contributed by atoms with E-state index < -0.39 is 5.97 Å². The van der Waals surface area contributed by atoms with Gasteiger partial charge in [0.05, 0.1) is 6.42 Å². The van der Waals surface area contributed by atoms with Crippen LogP contribution in [0.25, 0.3) is 11.0 Å². The molecule has 0 unspecified atom stereocenters. The van der Waals surface area contributed by atoms with E-state index in [1.54, 1.807) is 16.8 Å². The Bertz CT molecular complexity index is 927. The third-order valence-electron chi connectivity index (χ3n) is 5.93. The van der Waals surface area contributed by atoms with Crippen LogP contribution in [0.1, 0.15) is 50.1 Å². The second kappa shape index (κ2) is 7.87. The van der Waals surface area contributed by atoms with Gasteiger partial charge in [0.1, 0.15) is 5.65 Å². The van der Waals surface area contributed by atoms with E-state index in [1.807, 2.05) is 0 Å². The number of aromatic nitrogens is 3. The van der Waals surface area contributed by atoms with Crippen molar-refractivity contribution in [2.45, 2.75) is 57.0 Å². The van der Waals surface area contributed by atoms with Crippen LogP contribution in [0.4, 0.5) is 5.95 Å². The molecule has 2 N–H and O–H groups in total. The maximum atomic E-state index is 13.1. The number of aliphatic carboxylic acids is 1. The smallest absolute Gasteiger partial charge is 0.308 e. The lowest BCUT2D eigenvalue weighted by Crippen LogP contribution is -2.37.